The zero-order valence-corrected chi connectivity index (χ0v) is 10.0. The Kier molecular flexibility index (Phi) is 2.39. The molecule has 2 heterocycles. The predicted octanol–water partition coefficient (Wildman–Crippen LogP) is 2.11. The second kappa shape index (κ2) is 3.75. The summed E-state index contributed by atoms with van der Waals surface area (Å²) in [5.41, 5.74) is 1.45. The summed E-state index contributed by atoms with van der Waals surface area (Å²) in [4.78, 5) is 2.33. The number of nitrogens with one attached hydrogen (secondary N) is 1. The van der Waals surface area contributed by atoms with Gasteiger partial charge in [-0.1, -0.05) is 0 Å². The van der Waals surface area contributed by atoms with E-state index in [2.05, 4.69) is 10.3 Å². The summed E-state index contributed by atoms with van der Waals surface area (Å²) < 4.78 is 14.3. The van der Waals surface area contributed by atoms with Gasteiger partial charge in [-0.25, -0.2) is 0 Å². The zero-order chi connectivity index (χ0) is 10.3. The summed E-state index contributed by atoms with van der Waals surface area (Å²) in [7, 11) is 0. The van der Waals surface area contributed by atoms with E-state index in [4.69, 9.17) is 0 Å². The first kappa shape index (κ1) is 9.59. The fourth-order valence-corrected chi connectivity index (χ4v) is 4.50. The molecule has 1 aliphatic rings. The Morgan fingerprint density at radius 3 is 3.13 bits per heavy atom. The summed E-state index contributed by atoms with van der Waals surface area (Å²) in [6, 6.07) is 5.22. The monoisotopic (exact) mass is 269 g/mol. The van der Waals surface area contributed by atoms with Crippen LogP contribution in [0.3, 0.4) is 0 Å². The van der Waals surface area contributed by atoms with E-state index in [-0.39, 0.29) is 5.82 Å². The van der Waals surface area contributed by atoms with Gasteiger partial charge in [0.05, 0.1) is 0 Å². The Morgan fingerprint density at radius 2 is 2.33 bits per heavy atom. The van der Waals surface area contributed by atoms with Crippen molar-refractivity contribution in [3.8, 4) is 0 Å². The van der Waals surface area contributed by atoms with E-state index >= 15 is 0 Å². The van der Waals surface area contributed by atoms with E-state index in [0.717, 1.165) is 13.1 Å². The van der Waals surface area contributed by atoms with Crippen LogP contribution in [-0.2, 0) is 0 Å². The topological polar surface area (TPSA) is 12.0 Å². The molecule has 0 bridgehead atoms. The van der Waals surface area contributed by atoms with Gasteiger partial charge >= 0.3 is 93.8 Å². The van der Waals surface area contributed by atoms with Crippen LogP contribution in [0, 0.1) is 5.82 Å². The van der Waals surface area contributed by atoms with Gasteiger partial charge < -0.3 is 0 Å². The van der Waals surface area contributed by atoms with E-state index in [9.17, 15) is 4.39 Å². The quantitative estimate of drug-likeness (QED) is 0.781. The average molecular weight is 268 g/mol. The molecule has 1 aliphatic heterocycles. The molecule has 0 radical (unpaired) electrons. The molecule has 0 amide bonds. The molecule has 1 atom stereocenters. The molecular formula is C12H12FNSe. The number of rotatable bonds is 1. The normalized spacial score (nSPS) is 21.3. The van der Waals surface area contributed by atoms with Crippen LogP contribution in [0.15, 0.2) is 23.1 Å². The maximum atomic E-state index is 13.0. The van der Waals surface area contributed by atoms with E-state index in [1.54, 1.807) is 12.1 Å². The third-order valence-corrected chi connectivity index (χ3v) is 5.09. The SMILES string of the molecule is Fc1ccc2c([C@@H]3CCNC3)c[se]c2c1. The molecule has 1 aromatic heterocycles. The summed E-state index contributed by atoms with van der Waals surface area (Å²) >= 11 is 0.343. The fraction of sp³-hybridized carbons (Fsp3) is 0.333. The number of hydrogen-bond acceptors (Lipinski definition) is 1. The van der Waals surface area contributed by atoms with Crippen molar-refractivity contribution in [2.24, 2.45) is 0 Å². The second-order valence-corrected chi connectivity index (χ2v) is 5.93. The van der Waals surface area contributed by atoms with Crippen molar-refractivity contribution in [3.05, 3.63) is 34.5 Å². The summed E-state index contributed by atoms with van der Waals surface area (Å²) in [5.74, 6) is 0.549. The van der Waals surface area contributed by atoms with Crippen LogP contribution in [0.25, 0.3) is 9.65 Å². The number of benzene rings is 1. The molecule has 1 aromatic carbocycles. The van der Waals surface area contributed by atoms with Crippen LogP contribution in [0.5, 0.6) is 0 Å². The standard InChI is InChI=1S/C12H12FNSe/c13-9-1-2-10-11(7-15-12(10)5-9)8-3-4-14-6-8/h1-2,5,7-8,14H,3-4,6H2/t8-/m1/s1. The van der Waals surface area contributed by atoms with Gasteiger partial charge in [-0.05, 0) is 0 Å². The first-order chi connectivity index (χ1) is 7.34. The third-order valence-electron chi connectivity index (χ3n) is 3.07. The van der Waals surface area contributed by atoms with Crippen molar-refractivity contribution in [2.75, 3.05) is 13.1 Å². The van der Waals surface area contributed by atoms with Crippen LogP contribution in [0.1, 0.15) is 17.9 Å². The molecular weight excluding hydrogens is 256 g/mol. The molecule has 1 N–H and O–H groups in total. The Bertz CT molecular complexity index is 485. The predicted molar refractivity (Wildman–Crippen MR) is 61.1 cm³/mol. The van der Waals surface area contributed by atoms with Crippen LogP contribution in [0.4, 0.5) is 4.39 Å². The Hall–Kier alpha value is -0.631. The summed E-state index contributed by atoms with van der Waals surface area (Å²) in [5, 5.41) is 4.68. The first-order valence-corrected chi connectivity index (χ1v) is 7.06. The van der Waals surface area contributed by atoms with Gasteiger partial charge in [0.15, 0.2) is 0 Å². The molecule has 1 saturated heterocycles. The van der Waals surface area contributed by atoms with E-state index in [0.29, 0.717) is 20.4 Å². The number of halogens is 1. The van der Waals surface area contributed by atoms with Crippen molar-refractivity contribution in [1.82, 2.24) is 5.32 Å². The molecule has 1 nitrogen and oxygen atoms in total. The van der Waals surface area contributed by atoms with Gasteiger partial charge in [0, 0.05) is 0 Å². The van der Waals surface area contributed by atoms with E-state index < -0.39 is 0 Å². The fourth-order valence-electron chi connectivity index (χ4n) is 2.26. The Balaban J connectivity index is 2.11. The van der Waals surface area contributed by atoms with Crippen molar-refractivity contribution < 1.29 is 4.39 Å². The molecule has 3 rings (SSSR count). The van der Waals surface area contributed by atoms with Crippen molar-refractivity contribution in [1.29, 1.82) is 0 Å². The van der Waals surface area contributed by atoms with Crippen LogP contribution in [-0.4, -0.2) is 27.6 Å². The van der Waals surface area contributed by atoms with Gasteiger partial charge in [-0.3, -0.25) is 0 Å². The summed E-state index contributed by atoms with van der Waals surface area (Å²) in [6.07, 6.45) is 1.22. The second-order valence-electron chi connectivity index (χ2n) is 4.02. The number of hydrogen-bond donors (Lipinski definition) is 1. The van der Waals surface area contributed by atoms with Crippen LogP contribution < -0.4 is 5.32 Å². The average Bonchev–Trinajstić information content (AvgIpc) is 2.82. The van der Waals surface area contributed by atoms with Gasteiger partial charge in [-0.15, -0.1) is 0 Å². The molecule has 78 valence electrons. The van der Waals surface area contributed by atoms with Gasteiger partial charge in [0.25, 0.3) is 0 Å². The third kappa shape index (κ3) is 1.65. The first-order valence-electron chi connectivity index (χ1n) is 5.22. The molecule has 0 aliphatic carbocycles. The van der Waals surface area contributed by atoms with Crippen molar-refractivity contribution in [2.45, 2.75) is 12.3 Å². The van der Waals surface area contributed by atoms with Gasteiger partial charge in [0.1, 0.15) is 0 Å². The van der Waals surface area contributed by atoms with Crippen molar-refractivity contribution in [3.63, 3.8) is 0 Å². The molecule has 0 saturated carbocycles. The minimum atomic E-state index is -0.102. The molecule has 15 heavy (non-hydrogen) atoms. The Labute approximate surface area is 94.0 Å². The van der Waals surface area contributed by atoms with E-state index in [1.807, 2.05) is 6.07 Å². The maximum absolute atomic E-state index is 13.0. The molecule has 1 fully saturated rings. The Morgan fingerprint density at radius 1 is 1.40 bits per heavy atom. The minimum absolute atomic E-state index is 0.102. The van der Waals surface area contributed by atoms with Crippen LogP contribution >= 0.6 is 0 Å². The molecule has 2 aromatic rings. The van der Waals surface area contributed by atoms with Gasteiger partial charge in [0.2, 0.25) is 0 Å². The van der Waals surface area contributed by atoms with Crippen LogP contribution in [0.2, 0.25) is 0 Å². The molecule has 0 unspecified atom stereocenters. The molecule has 0 spiro atoms. The summed E-state index contributed by atoms with van der Waals surface area (Å²) in [6.45, 7) is 2.20. The van der Waals surface area contributed by atoms with E-state index in [1.165, 1.54) is 21.6 Å². The zero-order valence-electron chi connectivity index (χ0n) is 8.29. The molecule has 3 heteroatoms. The van der Waals surface area contributed by atoms with Gasteiger partial charge in [-0.2, -0.15) is 0 Å². The number of fused-ring (bicyclic) bond motifs is 1. The van der Waals surface area contributed by atoms with Crippen molar-refractivity contribution >= 4 is 24.1 Å².